The monoisotopic (exact) mass is 261 g/mol. The minimum atomic E-state index is 0.0237. The van der Waals surface area contributed by atoms with Crippen LogP contribution in [0.15, 0.2) is 24.3 Å². The van der Waals surface area contributed by atoms with E-state index in [2.05, 4.69) is 0 Å². The van der Waals surface area contributed by atoms with Gasteiger partial charge in [-0.15, -0.1) is 0 Å². The van der Waals surface area contributed by atoms with Crippen LogP contribution in [0, 0.1) is 0 Å². The lowest BCUT2D eigenvalue weighted by Crippen LogP contribution is -2.32. The van der Waals surface area contributed by atoms with Gasteiger partial charge in [0.15, 0.2) is 5.78 Å². The van der Waals surface area contributed by atoms with E-state index in [1.54, 1.807) is 11.0 Å². The minimum Gasteiger partial charge on any atom is -0.381 e. The fourth-order valence-electron chi connectivity index (χ4n) is 2.30. The molecule has 0 fully saturated rings. The average Bonchev–Trinajstić information content (AvgIpc) is 2.59. The molecular weight excluding hydrogens is 242 g/mol. The van der Waals surface area contributed by atoms with Gasteiger partial charge in [0.2, 0.25) is 5.91 Å². The zero-order chi connectivity index (χ0) is 13.7. The van der Waals surface area contributed by atoms with Crippen molar-refractivity contribution in [2.24, 2.45) is 0 Å². The van der Waals surface area contributed by atoms with Gasteiger partial charge in [0.25, 0.3) is 0 Å². The summed E-state index contributed by atoms with van der Waals surface area (Å²) in [4.78, 5) is 25.9. The number of fused-ring (bicyclic) bond motifs is 1. The maximum Gasteiger partial charge on any atom is 0.229 e. The maximum absolute atomic E-state index is 12.2. The summed E-state index contributed by atoms with van der Waals surface area (Å²) in [6.07, 6.45) is 1.58. The molecule has 0 bridgehead atoms. The van der Waals surface area contributed by atoms with Crippen LogP contribution in [0.5, 0.6) is 0 Å². The molecule has 0 saturated carbocycles. The minimum absolute atomic E-state index is 0.0237. The Balaban J connectivity index is 2.18. The number of carbonyl (C=O) groups excluding carboxylic acids is 2. The molecule has 0 spiro atoms. The first kappa shape index (κ1) is 13.7. The van der Waals surface area contributed by atoms with Gasteiger partial charge >= 0.3 is 0 Å². The molecule has 1 aliphatic rings. The molecule has 1 aromatic carbocycles. The zero-order valence-electron chi connectivity index (χ0n) is 11.2. The van der Waals surface area contributed by atoms with Gasteiger partial charge in [-0.3, -0.25) is 9.59 Å². The van der Waals surface area contributed by atoms with E-state index in [0.717, 1.165) is 5.69 Å². The Kier molecular flexibility index (Phi) is 4.68. The Labute approximate surface area is 113 Å². The molecule has 4 nitrogen and oxygen atoms in total. The fourth-order valence-corrected chi connectivity index (χ4v) is 2.30. The first-order valence-electron chi connectivity index (χ1n) is 6.74. The number of hydrogen-bond acceptors (Lipinski definition) is 3. The number of nitrogens with zero attached hydrogens (tertiary/aromatic N) is 1. The molecular formula is C15H19NO3. The number of ketones is 1. The fraction of sp³-hybridized carbons (Fsp3) is 0.467. The highest BCUT2D eigenvalue weighted by atomic mass is 16.5. The van der Waals surface area contributed by atoms with Crippen LogP contribution in [-0.2, 0) is 9.53 Å². The average molecular weight is 261 g/mol. The van der Waals surface area contributed by atoms with Crippen molar-refractivity contribution in [1.82, 2.24) is 0 Å². The molecule has 19 heavy (non-hydrogen) atoms. The van der Waals surface area contributed by atoms with Crippen LogP contribution in [0.1, 0.15) is 36.5 Å². The Bertz CT molecular complexity index is 470. The number of benzene rings is 1. The predicted molar refractivity (Wildman–Crippen MR) is 73.5 cm³/mol. The van der Waals surface area contributed by atoms with Crippen LogP contribution < -0.4 is 4.90 Å². The molecule has 1 amide bonds. The molecule has 2 rings (SSSR count). The lowest BCUT2D eigenvalue weighted by molar-refractivity contribution is -0.119. The van der Waals surface area contributed by atoms with E-state index in [0.29, 0.717) is 44.6 Å². The second kappa shape index (κ2) is 6.48. The van der Waals surface area contributed by atoms with Crippen molar-refractivity contribution < 1.29 is 14.3 Å². The highest BCUT2D eigenvalue weighted by molar-refractivity contribution is 6.06. The Morgan fingerprint density at radius 1 is 1.37 bits per heavy atom. The van der Waals surface area contributed by atoms with E-state index in [4.69, 9.17) is 4.74 Å². The van der Waals surface area contributed by atoms with Gasteiger partial charge in [-0.2, -0.15) is 0 Å². The molecule has 0 radical (unpaired) electrons. The first-order chi connectivity index (χ1) is 9.24. The third-order valence-corrected chi connectivity index (χ3v) is 3.25. The standard InChI is InChI=1S/C15H19NO3/c1-2-19-11-9-15(18)16-10-5-8-14(17)12-6-3-4-7-13(12)16/h3-4,6-7H,2,5,8-11H2,1H3. The molecule has 0 N–H and O–H groups in total. The third-order valence-electron chi connectivity index (χ3n) is 3.25. The second-order valence-electron chi connectivity index (χ2n) is 4.54. The Morgan fingerprint density at radius 3 is 2.95 bits per heavy atom. The number of amides is 1. The van der Waals surface area contributed by atoms with Crippen molar-refractivity contribution in [3.8, 4) is 0 Å². The van der Waals surface area contributed by atoms with E-state index in [1.165, 1.54) is 0 Å². The van der Waals surface area contributed by atoms with Crippen molar-refractivity contribution >= 4 is 17.4 Å². The van der Waals surface area contributed by atoms with Crippen molar-refractivity contribution in [3.63, 3.8) is 0 Å². The Hall–Kier alpha value is -1.68. The molecule has 1 aliphatic heterocycles. The lowest BCUT2D eigenvalue weighted by Gasteiger charge is -2.22. The molecule has 0 unspecified atom stereocenters. The van der Waals surface area contributed by atoms with E-state index < -0.39 is 0 Å². The highest BCUT2D eigenvalue weighted by Gasteiger charge is 2.24. The van der Waals surface area contributed by atoms with Crippen LogP contribution in [0.4, 0.5) is 5.69 Å². The van der Waals surface area contributed by atoms with E-state index >= 15 is 0 Å². The van der Waals surface area contributed by atoms with Crippen molar-refractivity contribution in [3.05, 3.63) is 29.8 Å². The molecule has 0 saturated heterocycles. The third kappa shape index (κ3) is 3.20. The zero-order valence-corrected chi connectivity index (χ0v) is 11.2. The summed E-state index contributed by atoms with van der Waals surface area (Å²) in [5.41, 5.74) is 1.40. The first-order valence-corrected chi connectivity index (χ1v) is 6.74. The molecule has 102 valence electrons. The van der Waals surface area contributed by atoms with Gasteiger partial charge in [0.05, 0.1) is 18.7 Å². The maximum atomic E-state index is 12.2. The summed E-state index contributed by atoms with van der Waals surface area (Å²) in [5.74, 6) is 0.145. The van der Waals surface area contributed by atoms with Crippen LogP contribution in [0.3, 0.4) is 0 Å². The van der Waals surface area contributed by atoms with Gasteiger partial charge in [-0.05, 0) is 25.5 Å². The summed E-state index contributed by atoms with van der Waals surface area (Å²) >= 11 is 0. The summed E-state index contributed by atoms with van der Waals surface area (Å²) in [5, 5.41) is 0. The topological polar surface area (TPSA) is 46.6 Å². The molecule has 1 aromatic rings. The van der Waals surface area contributed by atoms with Gasteiger partial charge in [-0.25, -0.2) is 0 Å². The Morgan fingerprint density at radius 2 is 2.16 bits per heavy atom. The number of ether oxygens (including phenoxy) is 1. The number of hydrogen-bond donors (Lipinski definition) is 0. The van der Waals surface area contributed by atoms with Gasteiger partial charge < -0.3 is 9.64 Å². The predicted octanol–water partition coefficient (Wildman–Crippen LogP) is 2.42. The van der Waals surface area contributed by atoms with E-state index in [1.807, 2.05) is 25.1 Å². The van der Waals surface area contributed by atoms with Crippen molar-refractivity contribution in [2.75, 3.05) is 24.7 Å². The van der Waals surface area contributed by atoms with Gasteiger partial charge in [-0.1, -0.05) is 12.1 Å². The van der Waals surface area contributed by atoms with E-state index in [-0.39, 0.29) is 11.7 Å². The summed E-state index contributed by atoms with van der Waals surface area (Å²) in [6, 6.07) is 7.34. The highest BCUT2D eigenvalue weighted by Crippen LogP contribution is 2.26. The van der Waals surface area contributed by atoms with E-state index in [9.17, 15) is 9.59 Å². The summed E-state index contributed by atoms with van der Waals surface area (Å²) < 4.78 is 5.22. The molecule has 4 heteroatoms. The number of anilines is 1. The van der Waals surface area contributed by atoms with Crippen LogP contribution >= 0.6 is 0 Å². The second-order valence-corrected chi connectivity index (χ2v) is 4.54. The SMILES string of the molecule is CCOCCC(=O)N1CCCC(=O)c2ccccc21. The molecule has 0 aromatic heterocycles. The van der Waals surface area contributed by atoms with Gasteiger partial charge in [0, 0.05) is 25.1 Å². The van der Waals surface area contributed by atoms with Crippen molar-refractivity contribution in [2.45, 2.75) is 26.2 Å². The normalized spacial score (nSPS) is 15.0. The lowest BCUT2D eigenvalue weighted by atomic mass is 10.1. The van der Waals surface area contributed by atoms with Crippen LogP contribution in [-0.4, -0.2) is 31.4 Å². The number of para-hydroxylation sites is 1. The summed E-state index contributed by atoms with van der Waals surface area (Å²) in [6.45, 7) is 3.56. The molecule has 0 atom stereocenters. The van der Waals surface area contributed by atoms with Gasteiger partial charge in [0.1, 0.15) is 0 Å². The summed E-state index contributed by atoms with van der Waals surface area (Å²) in [7, 11) is 0. The van der Waals surface area contributed by atoms with Crippen LogP contribution in [0.2, 0.25) is 0 Å². The number of carbonyl (C=O) groups is 2. The number of Topliss-reactive ketones (excluding diaryl/α,β-unsaturated/α-hetero) is 1. The molecule has 0 aliphatic carbocycles. The quantitative estimate of drug-likeness (QED) is 0.782. The van der Waals surface area contributed by atoms with Crippen molar-refractivity contribution in [1.29, 1.82) is 0 Å². The number of rotatable bonds is 4. The smallest absolute Gasteiger partial charge is 0.229 e. The van der Waals surface area contributed by atoms with Crippen LogP contribution in [0.25, 0.3) is 0 Å². The molecule has 1 heterocycles. The largest absolute Gasteiger partial charge is 0.381 e.